The molecule has 0 saturated carbocycles. The largest absolute Gasteiger partial charge is 0.466 e. The van der Waals surface area contributed by atoms with Crippen LogP contribution in [0.2, 0.25) is 0 Å². The van der Waals surface area contributed by atoms with Crippen molar-refractivity contribution in [2.45, 2.75) is 59.3 Å². The summed E-state index contributed by atoms with van der Waals surface area (Å²) in [4.78, 5) is 10.7. The monoisotopic (exact) mass is 226 g/mol. The van der Waals surface area contributed by atoms with Crippen LogP contribution in [0.1, 0.15) is 59.3 Å². The summed E-state index contributed by atoms with van der Waals surface area (Å²) in [5.41, 5.74) is 0.346. The molecule has 0 N–H and O–H groups in total. The van der Waals surface area contributed by atoms with Crippen molar-refractivity contribution in [3.63, 3.8) is 0 Å². The number of unbranched alkanes of at least 4 members (excludes halogenated alkanes) is 1. The van der Waals surface area contributed by atoms with Crippen LogP contribution in [0.3, 0.4) is 0 Å². The highest BCUT2D eigenvalue weighted by atomic mass is 16.5. The molecule has 0 aromatic carbocycles. The summed E-state index contributed by atoms with van der Waals surface area (Å²) < 4.78 is 5.05. The van der Waals surface area contributed by atoms with Gasteiger partial charge in [-0.15, -0.1) is 6.58 Å². The summed E-state index contributed by atoms with van der Waals surface area (Å²) in [5.74, 6) is -0.174. The third kappa shape index (κ3) is 5.94. The number of carbonyl (C=O) groups excluding carboxylic acids is 1. The van der Waals surface area contributed by atoms with Crippen LogP contribution < -0.4 is 0 Å². The second kappa shape index (κ2) is 8.37. The van der Waals surface area contributed by atoms with Gasteiger partial charge in [0.1, 0.15) is 0 Å². The Labute approximate surface area is 100 Å². The van der Waals surface area contributed by atoms with Crippen molar-refractivity contribution in [1.82, 2.24) is 0 Å². The molecule has 0 unspecified atom stereocenters. The normalized spacial score (nSPS) is 11.2. The van der Waals surface area contributed by atoms with Gasteiger partial charge in [-0.05, 0) is 31.1 Å². The van der Waals surface area contributed by atoms with Crippen LogP contribution in [0.4, 0.5) is 0 Å². The minimum atomic E-state index is -0.174. The van der Waals surface area contributed by atoms with Crippen molar-refractivity contribution in [2.75, 3.05) is 6.61 Å². The van der Waals surface area contributed by atoms with Gasteiger partial charge in [0.05, 0.1) is 6.61 Å². The maximum atomic E-state index is 10.7. The fraction of sp³-hybridized carbons (Fsp3) is 0.786. The molecule has 0 bridgehead atoms. The molecule has 0 aliphatic rings. The predicted molar refractivity (Wildman–Crippen MR) is 68.3 cm³/mol. The van der Waals surface area contributed by atoms with E-state index in [4.69, 9.17) is 4.74 Å². The maximum absolute atomic E-state index is 10.7. The van der Waals surface area contributed by atoms with E-state index in [-0.39, 0.29) is 5.97 Å². The first-order chi connectivity index (χ1) is 7.60. The minimum Gasteiger partial charge on any atom is -0.466 e. The molecule has 94 valence electrons. The summed E-state index contributed by atoms with van der Waals surface area (Å²) in [6.07, 6.45) is 8.73. The van der Waals surface area contributed by atoms with Crippen molar-refractivity contribution in [3.8, 4) is 0 Å². The summed E-state index contributed by atoms with van der Waals surface area (Å²) in [6.45, 7) is 10.2. The van der Waals surface area contributed by atoms with Crippen LogP contribution in [0, 0.1) is 5.41 Å². The molecule has 2 heteroatoms. The van der Waals surface area contributed by atoms with Crippen molar-refractivity contribution in [3.05, 3.63) is 12.7 Å². The second-order valence-electron chi connectivity index (χ2n) is 4.48. The fourth-order valence-corrected chi connectivity index (χ4v) is 2.11. The summed E-state index contributed by atoms with van der Waals surface area (Å²) in [5, 5.41) is 0. The van der Waals surface area contributed by atoms with Crippen molar-refractivity contribution in [1.29, 1.82) is 0 Å². The van der Waals surface area contributed by atoms with Crippen molar-refractivity contribution >= 4 is 5.97 Å². The van der Waals surface area contributed by atoms with Gasteiger partial charge in [0.25, 0.3) is 0 Å². The van der Waals surface area contributed by atoms with Gasteiger partial charge in [-0.25, -0.2) is 0 Å². The first-order valence-electron chi connectivity index (χ1n) is 6.34. The van der Waals surface area contributed by atoms with Crippen LogP contribution >= 0.6 is 0 Å². The van der Waals surface area contributed by atoms with Crippen LogP contribution in [-0.4, -0.2) is 12.6 Å². The highest BCUT2D eigenvalue weighted by Gasteiger charge is 2.25. The van der Waals surface area contributed by atoms with E-state index in [9.17, 15) is 4.79 Å². The summed E-state index contributed by atoms with van der Waals surface area (Å²) >= 11 is 0. The molecular weight excluding hydrogens is 200 g/mol. The van der Waals surface area contributed by atoms with Gasteiger partial charge < -0.3 is 4.74 Å². The molecule has 2 nitrogen and oxygen atoms in total. The average Bonchev–Trinajstić information content (AvgIpc) is 2.27. The smallest absolute Gasteiger partial charge is 0.302 e. The number of esters is 1. The molecule has 0 rings (SSSR count). The van der Waals surface area contributed by atoms with Crippen LogP contribution in [0.15, 0.2) is 12.7 Å². The first kappa shape index (κ1) is 15.2. The summed E-state index contributed by atoms with van der Waals surface area (Å²) in [7, 11) is 0. The molecule has 0 saturated heterocycles. The molecule has 16 heavy (non-hydrogen) atoms. The van der Waals surface area contributed by atoms with Crippen molar-refractivity contribution < 1.29 is 9.53 Å². The molecule has 0 aromatic heterocycles. The SMILES string of the molecule is C=CCCCC(CC)(CC)CCOC(C)=O. The molecule has 0 spiro atoms. The number of ether oxygens (including phenoxy) is 1. The molecule has 0 amide bonds. The van der Waals surface area contributed by atoms with E-state index in [1.165, 1.54) is 19.8 Å². The number of carbonyl (C=O) groups is 1. The van der Waals surface area contributed by atoms with E-state index in [0.717, 1.165) is 25.7 Å². The number of hydrogen-bond acceptors (Lipinski definition) is 2. The first-order valence-corrected chi connectivity index (χ1v) is 6.34. The molecule has 0 aliphatic carbocycles. The Morgan fingerprint density at radius 3 is 2.38 bits per heavy atom. The molecular formula is C14H26O2. The second-order valence-corrected chi connectivity index (χ2v) is 4.48. The van der Waals surface area contributed by atoms with Crippen molar-refractivity contribution in [2.24, 2.45) is 5.41 Å². The van der Waals surface area contributed by atoms with E-state index in [1.807, 2.05) is 6.08 Å². The minimum absolute atomic E-state index is 0.174. The Balaban J connectivity index is 4.09. The Bertz CT molecular complexity index is 205. The van der Waals surface area contributed by atoms with Gasteiger partial charge in [0, 0.05) is 6.92 Å². The van der Waals surface area contributed by atoms with Crippen LogP contribution in [0.5, 0.6) is 0 Å². The van der Waals surface area contributed by atoms with E-state index in [0.29, 0.717) is 12.0 Å². The standard InChI is InChI=1S/C14H26O2/c1-5-8-9-10-14(6-2,7-3)11-12-16-13(4)15/h5H,1,6-12H2,2-4H3. The zero-order chi connectivity index (χ0) is 12.4. The molecule has 0 atom stereocenters. The molecule has 0 heterocycles. The Hall–Kier alpha value is -0.790. The lowest BCUT2D eigenvalue weighted by Crippen LogP contribution is -2.22. The number of hydrogen-bond donors (Lipinski definition) is 0. The molecule has 0 aromatic rings. The quantitative estimate of drug-likeness (QED) is 0.336. The zero-order valence-corrected chi connectivity index (χ0v) is 11.1. The van der Waals surface area contributed by atoms with E-state index < -0.39 is 0 Å². The maximum Gasteiger partial charge on any atom is 0.302 e. The number of allylic oxidation sites excluding steroid dienone is 1. The predicted octanol–water partition coefficient (Wildman–Crippen LogP) is 4.10. The third-order valence-electron chi connectivity index (χ3n) is 3.55. The zero-order valence-electron chi connectivity index (χ0n) is 11.1. The molecule has 0 fully saturated rings. The third-order valence-corrected chi connectivity index (χ3v) is 3.55. The molecule has 0 radical (unpaired) electrons. The number of rotatable bonds is 9. The van der Waals surface area contributed by atoms with Gasteiger partial charge in [0.2, 0.25) is 0 Å². The Kier molecular flexibility index (Phi) is 7.96. The summed E-state index contributed by atoms with van der Waals surface area (Å²) in [6, 6.07) is 0. The fourth-order valence-electron chi connectivity index (χ4n) is 2.11. The highest BCUT2D eigenvalue weighted by Crippen LogP contribution is 2.36. The lowest BCUT2D eigenvalue weighted by Gasteiger charge is -2.31. The van der Waals surface area contributed by atoms with Gasteiger partial charge >= 0.3 is 5.97 Å². The van der Waals surface area contributed by atoms with E-state index in [2.05, 4.69) is 20.4 Å². The average molecular weight is 226 g/mol. The van der Waals surface area contributed by atoms with E-state index in [1.54, 1.807) is 0 Å². The van der Waals surface area contributed by atoms with Gasteiger partial charge in [-0.2, -0.15) is 0 Å². The topological polar surface area (TPSA) is 26.3 Å². The van der Waals surface area contributed by atoms with Gasteiger partial charge in [0.15, 0.2) is 0 Å². The van der Waals surface area contributed by atoms with Crippen LogP contribution in [-0.2, 0) is 9.53 Å². The van der Waals surface area contributed by atoms with Gasteiger partial charge in [-0.3, -0.25) is 4.79 Å². The molecule has 0 aliphatic heterocycles. The Morgan fingerprint density at radius 2 is 1.94 bits per heavy atom. The van der Waals surface area contributed by atoms with Crippen LogP contribution in [0.25, 0.3) is 0 Å². The lowest BCUT2D eigenvalue weighted by atomic mass is 9.75. The van der Waals surface area contributed by atoms with Gasteiger partial charge in [-0.1, -0.05) is 32.8 Å². The van der Waals surface area contributed by atoms with E-state index >= 15 is 0 Å². The highest BCUT2D eigenvalue weighted by molar-refractivity contribution is 5.65. The lowest BCUT2D eigenvalue weighted by molar-refractivity contribution is -0.141. The Morgan fingerprint density at radius 1 is 1.31 bits per heavy atom.